The molecule has 1 aliphatic rings. The lowest BCUT2D eigenvalue weighted by Gasteiger charge is -2.44. The van der Waals surface area contributed by atoms with Crippen LogP contribution in [0.15, 0.2) is 18.5 Å². The molecule has 2 rings (SSSR count). The van der Waals surface area contributed by atoms with Crippen molar-refractivity contribution in [1.29, 1.82) is 0 Å². The Labute approximate surface area is 177 Å². The number of alkyl carbamates (subject to hydrolysis) is 1. The number of ether oxygens (including phenoxy) is 1. The van der Waals surface area contributed by atoms with Crippen LogP contribution in [0.3, 0.4) is 0 Å². The first-order chi connectivity index (χ1) is 13.2. The van der Waals surface area contributed by atoms with Crippen molar-refractivity contribution >= 4 is 20.1 Å². The van der Waals surface area contributed by atoms with E-state index in [0.29, 0.717) is 5.69 Å². The zero-order valence-electron chi connectivity index (χ0n) is 19.3. The largest absolute Gasteiger partial charge is 0.444 e. The molecular weight excluding hydrogens is 382 g/mol. The smallest absolute Gasteiger partial charge is 0.407 e. The van der Waals surface area contributed by atoms with E-state index >= 15 is 0 Å². The summed E-state index contributed by atoms with van der Waals surface area (Å²) in [6.45, 7) is 16.8. The number of hydrogen-bond donors (Lipinski definition) is 2. The van der Waals surface area contributed by atoms with Crippen LogP contribution in [-0.4, -0.2) is 37.1 Å². The number of aromatic nitrogens is 1. The van der Waals surface area contributed by atoms with Crippen LogP contribution in [0.1, 0.15) is 72.3 Å². The molecule has 6 nitrogen and oxygen atoms in total. The van der Waals surface area contributed by atoms with Gasteiger partial charge in [-0.25, -0.2) is 4.79 Å². The zero-order valence-corrected chi connectivity index (χ0v) is 20.3. The van der Waals surface area contributed by atoms with Crippen molar-refractivity contribution < 1.29 is 14.0 Å². The molecule has 0 aliphatic heterocycles. The van der Waals surface area contributed by atoms with Crippen LogP contribution in [0.5, 0.6) is 0 Å². The molecule has 1 saturated carbocycles. The summed E-state index contributed by atoms with van der Waals surface area (Å²) < 4.78 is 12.2. The minimum absolute atomic E-state index is 0.0253. The Kier molecular flexibility index (Phi) is 7.05. The van der Waals surface area contributed by atoms with Gasteiger partial charge in [0.15, 0.2) is 8.32 Å². The number of carbonyl (C=O) groups is 1. The number of hydrogen-bond acceptors (Lipinski definition) is 5. The molecule has 3 atom stereocenters. The summed E-state index contributed by atoms with van der Waals surface area (Å²) in [7, 11) is -1.97. The molecule has 1 fully saturated rings. The van der Waals surface area contributed by atoms with Crippen molar-refractivity contribution in [1.82, 2.24) is 10.3 Å². The predicted molar refractivity (Wildman–Crippen MR) is 120 cm³/mol. The highest BCUT2D eigenvalue weighted by atomic mass is 28.4. The summed E-state index contributed by atoms with van der Waals surface area (Å²) >= 11 is 0. The van der Waals surface area contributed by atoms with Crippen LogP contribution >= 0.6 is 0 Å². The standard InChI is InChI=1S/C22H39N3O3Si/c1-21(2,3)27-20(26)25-18-13-15(16-11-12-24-14-17(16)23)9-10-19(18)28-29(7,8)22(4,5)6/h11-12,14-15,18-19H,9-10,13,23H2,1-8H3,(H,25,26). The molecule has 0 saturated heterocycles. The predicted octanol–water partition coefficient (Wildman–Crippen LogP) is 5.22. The Morgan fingerprint density at radius 2 is 1.86 bits per heavy atom. The monoisotopic (exact) mass is 421 g/mol. The van der Waals surface area contributed by atoms with Gasteiger partial charge in [0.05, 0.1) is 24.0 Å². The van der Waals surface area contributed by atoms with Crippen LogP contribution in [0.25, 0.3) is 0 Å². The summed E-state index contributed by atoms with van der Waals surface area (Å²) in [5.41, 5.74) is 7.44. The van der Waals surface area contributed by atoms with Gasteiger partial charge >= 0.3 is 6.09 Å². The van der Waals surface area contributed by atoms with Gasteiger partial charge in [-0.2, -0.15) is 0 Å². The first-order valence-electron chi connectivity index (χ1n) is 10.6. The number of amides is 1. The van der Waals surface area contributed by atoms with Crippen molar-refractivity contribution in [3.8, 4) is 0 Å². The second kappa shape index (κ2) is 8.64. The summed E-state index contributed by atoms with van der Waals surface area (Å²) in [5, 5.41) is 3.21. The zero-order chi connectivity index (χ0) is 22.0. The lowest BCUT2D eigenvalue weighted by molar-refractivity contribution is 0.0367. The molecule has 0 radical (unpaired) electrons. The number of pyridine rings is 1. The first-order valence-corrected chi connectivity index (χ1v) is 13.5. The van der Waals surface area contributed by atoms with E-state index in [1.165, 1.54) is 0 Å². The van der Waals surface area contributed by atoms with Gasteiger partial charge in [-0.3, -0.25) is 4.98 Å². The summed E-state index contributed by atoms with van der Waals surface area (Å²) in [5.74, 6) is 0.261. The summed E-state index contributed by atoms with van der Waals surface area (Å²) in [4.78, 5) is 16.6. The van der Waals surface area contributed by atoms with E-state index in [-0.39, 0.29) is 23.1 Å². The molecule has 3 unspecified atom stereocenters. The van der Waals surface area contributed by atoms with Gasteiger partial charge in [-0.15, -0.1) is 0 Å². The second-order valence-corrected chi connectivity index (χ2v) is 15.4. The number of nitrogens with two attached hydrogens (primary N) is 1. The quantitative estimate of drug-likeness (QED) is 0.651. The van der Waals surface area contributed by atoms with Gasteiger partial charge in [0.2, 0.25) is 0 Å². The van der Waals surface area contributed by atoms with E-state index in [9.17, 15) is 4.79 Å². The maximum Gasteiger partial charge on any atom is 0.407 e. The fourth-order valence-corrected chi connectivity index (χ4v) is 4.91. The highest BCUT2D eigenvalue weighted by Gasteiger charge is 2.43. The van der Waals surface area contributed by atoms with Gasteiger partial charge in [-0.05, 0) is 75.7 Å². The Morgan fingerprint density at radius 1 is 1.21 bits per heavy atom. The van der Waals surface area contributed by atoms with Gasteiger partial charge in [-0.1, -0.05) is 20.8 Å². The van der Waals surface area contributed by atoms with Gasteiger partial charge < -0.3 is 20.2 Å². The van der Waals surface area contributed by atoms with E-state index in [1.54, 1.807) is 12.4 Å². The fraction of sp³-hybridized carbons (Fsp3) is 0.727. The minimum atomic E-state index is -1.97. The molecule has 7 heteroatoms. The topological polar surface area (TPSA) is 86.5 Å². The molecule has 1 amide bonds. The fourth-order valence-electron chi connectivity index (χ4n) is 3.52. The van der Waals surface area contributed by atoms with Crippen LogP contribution in [-0.2, 0) is 9.16 Å². The molecule has 29 heavy (non-hydrogen) atoms. The highest BCUT2D eigenvalue weighted by molar-refractivity contribution is 6.74. The molecule has 3 N–H and O–H groups in total. The van der Waals surface area contributed by atoms with E-state index in [2.05, 4.69) is 44.2 Å². The number of nitrogen functional groups attached to an aromatic ring is 1. The average molecular weight is 422 g/mol. The summed E-state index contributed by atoms with van der Waals surface area (Å²) in [6.07, 6.45) is 5.67. The van der Waals surface area contributed by atoms with Crippen LogP contribution in [0.4, 0.5) is 10.5 Å². The maximum absolute atomic E-state index is 12.5. The van der Waals surface area contributed by atoms with Crippen molar-refractivity contribution in [2.45, 2.75) is 103 Å². The Morgan fingerprint density at radius 3 is 2.41 bits per heavy atom. The Balaban J connectivity index is 2.22. The van der Waals surface area contributed by atoms with E-state index in [0.717, 1.165) is 24.8 Å². The van der Waals surface area contributed by atoms with Crippen LogP contribution in [0.2, 0.25) is 18.1 Å². The molecule has 1 aromatic rings. The van der Waals surface area contributed by atoms with Crippen molar-refractivity contribution in [2.75, 3.05) is 5.73 Å². The average Bonchev–Trinajstić information content (AvgIpc) is 2.54. The third-order valence-electron chi connectivity index (χ3n) is 6.07. The van der Waals surface area contributed by atoms with Gasteiger partial charge in [0.25, 0.3) is 0 Å². The molecule has 1 aromatic heterocycles. The van der Waals surface area contributed by atoms with E-state index in [1.807, 2.05) is 26.8 Å². The van der Waals surface area contributed by atoms with Crippen molar-refractivity contribution in [3.63, 3.8) is 0 Å². The summed E-state index contributed by atoms with van der Waals surface area (Å²) in [6, 6.07) is 1.87. The lowest BCUT2D eigenvalue weighted by atomic mass is 9.79. The normalized spacial score (nSPS) is 23.5. The number of rotatable bonds is 4. The van der Waals surface area contributed by atoms with Gasteiger partial charge in [0, 0.05) is 6.20 Å². The number of nitrogens with one attached hydrogen (secondary N) is 1. The van der Waals surface area contributed by atoms with Crippen LogP contribution < -0.4 is 11.1 Å². The Hall–Kier alpha value is -1.60. The molecular formula is C22H39N3O3Si. The molecule has 0 aromatic carbocycles. The second-order valence-electron chi connectivity index (χ2n) is 10.7. The number of carbonyl (C=O) groups excluding carboxylic acids is 1. The molecule has 164 valence electrons. The maximum atomic E-state index is 12.5. The molecule has 0 bridgehead atoms. The highest BCUT2D eigenvalue weighted by Crippen LogP contribution is 2.42. The number of anilines is 1. The van der Waals surface area contributed by atoms with Crippen molar-refractivity contribution in [3.05, 3.63) is 24.0 Å². The third-order valence-corrected chi connectivity index (χ3v) is 10.6. The molecule has 1 aliphatic carbocycles. The van der Waals surface area contributed by atoms with Crippen molar-refractivity contribution in [2.24, 2.45) is 0 Å². The lowest BCUT2D eigenvalue weighted by Crippen LogP contribution is -2.54. The SMILES string of the molecule is CC(C)(C)OC(=O)NC1CC(c2ccncc2N)CCC1O[Si](C)(C)C(C)(C)C. The molecule has 1 heterocycles. The molecule has 0 spiro atoms. The third kappa shape index (κ3) is 6.44. The van der Waals surface area contributed by atoms with Gasteiger partial charge in [0.1, 0.15) is 5.60 Å². The van der Waals surface area contributed by atoms with Crippen LogP contribution in [0, 0.1) is 0 Å². The number of nitrogens with zero attached hydrogens (tertiary/aromatic N) is 1. The van der Waals surface area contributed by atoms with E-state index < -0.39 is 20.0 Å². The Bertz CT molecular complexity index is 710. The van der Waals surface area contributed by atoms with E-state index in [4.69, 9.17) is 14.9 Å². The minimum Gasteiger partial charge on any atom is -0.444 e. The first kappa shape index (κ1) is 23.7.